The molecule has 3 nitrogen and oxygen atoms in total. The molecule has 1 aromatic heterocycles. The minimum Gasteiger partial charge on any atom is -0.349 e. The van der Waals surface area contributed by atoms with E-state index in [1.54, 1.807) is 0 Å². The van der Waals surface area contributed by atoms with E-state index in [9.17, 15) is 4.79 Å². The van der Waals surface area contributed by atoms with E-state index >= 15 is 0 Å². The maximum atomic E-state index is 13.1. The van der Waals surface area contributed by atoms with Crippen molar-refractivity contribution in [2.45, 2.75) is 103 Å². The lowest BCUT2D eigenvalue weighted by Crippen LogP contribution is -2.39. The maximum absolute atomic E-state index is 13.1. The van der Waals surface area contributed by atoms with Gasteiger partial charge in [0, 0.05) is 24.0 Å². The lowest BCUT2D eigenvalue weighted by Gasteiger charge is -2.26. The lowest BCUT2D eigenvalue weighted by atomic mass is 9.89. The van der Waals surface area contributed by atoms with Gasteiger partial charge in [-0.1, -0.05) is 37.8 Å². The highest BCUT2D eigenvalue weighted by atomic mass is 16.1. The number of carbonyl (C=O) groups excluding carboxylic acids is 1. The Morgan fingerprint density at radius 3 is 2.39 bits per heavy atom. The fourth-order valence-electron chi connectivity index (χ4n) is 5.55. The molecule has 0 saturated heterocycles. The van der Waals surface area contributed by atoms with Crippen LogP contribution in [0.15, 0.2) is 24.3 Å². The number of amides is 1. The number of benzene rings is 1. The first-order chi connectivity index (χ1) is 14.9. The molecule has 1 aromatic carbocycles. The number of aryl methyl sites for hydroxylation is 1. The Hall–Kier alpha value is -2.03. The summed E-state index contributed by atoms with van der Waals surface area (Å²) in [6.45, 7) is 7.79. The van der Waals surface area contributed by atoms with Crippen molar-refractivity contribution in [1.29, 1.82) is 0 Å². The summed E-state index contributed by atoms with van der Waals surface area (Å²) in [6, 6.07) is 9.63. The summed E-state index contributed by atoms with van der Waals surface area (Å²) in [5.74, 6) is 0.847. The van der Waals surface area contributed by atoms with Crippen LogP contribution in [-0.2, 0) is 12.0 Å². The third-order valence-corrected chi connectivity index (χ3v) is 8.29. The number of hydrogen-bond donors (Lipinski definition) is 1. The van der Waals surface area contributed by atoms with Crippen LogP contribution in [0.5, 0.6) is 0 Å². The highest BCUT2D eigenvalue weighted by Crippen LogP contribution is 2.48. The zero-order valence-electron chi connectivity index (χ0n) is 19.6. The molecule has 1 heterocycles. The maximum Gasteiger partial charge on any atom is 0.253 e. The van der Waals surface area contributed by atoms with Crippen LogP contribution < -0.4 is 5.32 Å². The second-order valence-corrected chi connectivity index (χ2v) is 10.9. The Morgan fingerprint density at radius 1 is 1.00 bits per heavy atom. The molecular weight excluding hydrogens is 380 g/mol. The van der Waals surface area contributed by atoms with E-state index in [0.29, 0.717) is 11.5 Å². The van der Waals surface area contributed by atoms with E-state index in [-0.39, 0.29) is 5.91 Å². The second-order valence-electron chi connectivity index (χ2n) is 10.9. The summed E-state index contributed by atoms with van der Waals surface area (Å²) in [5.41, 5.74) is 7.66. The fraction of sp³-hybridized carbons (Fsp3) is 0.607. The Bertz CT molecular complexity index is 971. The summed E-state index contributed by atoms with van der Waals surface area (Å²) in [7, 11) is 0. The Kier molecular flexibility index (Phi) is 5.48. The average Bonchev–Trinajstić information content (AvgIpc) is 3.40. The molecule has 5 rings (SSSR count). The molecule has 0 unspecified atom stereocenters. The molecule has 3 heteroatoms. The molecule has 3 aliphatic rings. The van der Waals surface area contributed by atoms with Gasteiger partial charge in [0.2, 0.25) is 0 Å². The molecule has 3 saturated carbocycles. The zero-order chi connectivity index (χ0) is 21.6. The number of hydrogen-bond acceptors (Lipinski definition) is 1. The average molecular weight is 419 g/mol. The highest BCUT2D eigenvalue weighted by molar-refractivity contribution is 5.97. The van der Waals surface area contributed by atoms with E-state index in [4.69, 9.17) is 0 Å². The predicted molar refractivity (Wildman–Crippen MR) is 128 cm³/mol. The van der Waals surface area contributed by atoms with Crippen molar-refractivity contribution in [3.63, 3.8) is 0 Å². The van der Waals surface area contributed by atoms with Crippen molar-refractivity contribution in [2.24, 2.45) is 5.92 Å². The van der Waals surface area contributed by atoms with Gasteiger partial charge in [-0.15, -0.1) is 0 Å². The van der Waals surface area contributed by atoms with Crippen molar-refractivity contribution in [3.05, 3.63) is 46.6 Å². The van der Waals surface area contributed by atoms with Gasteiger partial charge in [0.25, 0.3) is 5.91 Å². The van der Waals surface area contributed by atoms with Crippen LogP contribution in [0.2, 0.25) is 0 Å². The molecule has 166 valence electrons. The van der Waals surface area contributed by atoms with Gasteiger partial charge in [0.15, 0.2) is 0 Å². The molecule has 0 spiro atoms. The third-order valence-electron chi connectivity index (χ3n) is 8.29. The van der Waals surface area contributed by atoms with E-state index in [1.165, 1.54) is 73.8 Å². The largest absolute Gasteiger partial charge is 0.349 e. The molecule has 0 aliphatic heterocycles. The minimum absolute atomic E-state index is 0.118. The first kappa shape index (κ1) is 20.8. The topological polar surface area (TPSA) is 34.0 Å². The van der Waals surface area contributed by atoms with Gasteiger partial charge in [0.05, 0.1) is 5.56 Å². The fourth-order valence-corrected chi connectivity index (χ4v) is 5.55. The molecule has 3 aliphatic carbocycles. The molecule has 0 atom stereocenters. The molecule has 3 fully saturated rings. The van der Waals surface area contributed by atoms with Gasteiger partial charge in [-0.05, 0) is 99.5 Å². The Balaban J connectivity index is 1.53. The van der Waals surface area contributed by atoms with E-state index in [0.717, 1.165) is 36.6 Å². The third kappa shape index (κ3) is 4.21. The van der Waals surface area contributed by atoms with Gasteiger partial charge in [-0.25, -0.2) is 0 Å². The van der Waals surface area contributed by atoms with E-state index in [1.807, 2.05) is 0 Å². The van der Waals surface area contributed by atoms with Gasteiger partial charge in [0.1, 0.15) is 0 Å². The van der Waals surface area contributed by atoms with Crippen LogP contribution in [0.4, 0.5) is 0 Å². The van der Waals surface area contributed by atoms with Crippen LogP contribution in [0.25, 0.3) is 11.3 Å². The monoisotopic (exact) mass is 418 g/mol. The first-order valence-electron chi connectivity index (χ1n) is 12.6. The zero-order valence-corrected chi connectivity index (χ0v) is 19.6. The molecule has 0 bridgehead atoms. The van der Waals surface area contributed by atoms with Crippen molar-refractivity contribution in [1.82, 2.24) is 9.88 Å². The van der Waals surface area contributed by atoms with Gasteiger partial charge in [-0.2, -0.15) is 0 Å². The van der Waals surface area contributed by atoms with Crippen LogP contribution in [0.3, 0.4) is 0 Å². The predicted octanol–water partition coefficient (Wildman–Crippen LogP) is 6.69. The Labute approximate surface area is 187 Å². The van der Waals surface area contributed by atoms with Crippen LogP contribution >= 0.6 is 0 Å². The summed E-state index contributed by atoms with van der Waals surface area (Å²) in [4.78, 5) is 13.1. The first-order valence-corrected chi connectivity index (χ1v) is 12.6. The van der Waals surface area contributed by atoms with Crippen LogP contribution in [-0.4, -0.2) is 16.5 Å². The van der Waals surface area contributed by atoms with Gasteiger partial charge < -0.3 is 9.88 Å². The highest BCUT2D eigenvalue weighted by Gasteiger charge is 2.39. The summed E-state index contributed by atoms with van der Waals surface area (Å²) < 4.78 is 2.47. The van der Waals surface area contributed by atoms with Crippen LogP contribution in [0.1, 0.15) is 98.3 Å². The van der Waals surface area contributed by atoms with Crippen molar-refractivity contribution in [2.75, 3.05) is 0 Å². The molecule has 2 aromatic rings. The van der Waals surface area contributed by atoms with E-state index < -0.39 is 0 Å². The molecule has 1 amide bonds. The second kappa shape index (κ2) is 8.15. The van der Waals surface area contributed by atoms with Crippen molar-refractivity contribution >= 4 is 5.91 Å². The number of rotatable bonds is 6. The molecular formula is C28H38N2O. The van der Waals surface area contributed by atoms with Gasteiger partial charge >= 0.3 is 0 Å². The summed E-state index contributed by atoms with van der Waals surface area (Å²) in [5, 5.41) is 3.27. The SMILES string of the molecule is Cc1cc(-c2cc(C(=O)NC3CCC3)c(C)n2CC2CCCCC2)cc(C2(C)CC2)c1. The van der Waals surface area contributed by atoms with Gasteiger partial charge in [-0.3, -0.25) is 4.79 Å². The molecule has 31 heavy (non-hydrogen) atoms. The van der Waals surface area contributed by atoms with Crippen molar-refractivity contribution in [3.8, 4) is 11.3 Å². The Morgan fingerprint density at radius 2 is 1.74 bits per heavy atom. The van der Waals surface area contributed by atoms with Crippen molar-refractivity contribution < 1.29 is 4.79 Å². The summed E-state index contributed by atoms with van der Waals surface area (Å²) >= 11 is 0. The number of nitrogens with one attached hydrogen (secondary N) is 1. The normalized spacial score (nSPS) is 21.0. The minimum atomic E-state index is 0.118. The number of carbonyl (C=O) groups is 1. The van der Waals surface area contributed by atoms with Crippen LogP contribution in [0, 0.1) is 19.8 Å². The summed E-state index contributed by atoms with van der Waals surface area (Å²) in [6.07, 6.45) is 12.8. The number of aromatic nitrogens is 1. The molecule has 1 N–H and O–H groups in total. The lowest BCUT2D eigenvalue weighted by molar-refractivity contribution is 0.0916. The molecule has 0 radical (unpaired) electrons. The number of nitrogens with zero attached hydrogens (tertiary/aromatic N) is 1. The van der Waals surface area contributed by atoms with E-state index in [2.05, 4.69) is 54.9 Å². The quantitative estimate of drug-likeness (QED) is 0.557. The standard InChI is InChI=1S/C28H38N2O/c1-19-14-22(16-23(15-19)28(3)12-13-28)26-17-25(27(31)29-24-10-7-11-24)20(2)30(26)18-21-8-5-4-6-9-21/h14-17,21,24H,4-13,18H2,1-3H3,(H,29,31). The smallest absolute Gasteiger partial charge is 0.253 e.